The Hall–Kier alpha value is -0.560. The van der Waals surface area contributed by atoms with E-state index in [-0.39, 0.29) is 5.82 Å². The van der Waals surface area contributed by atoms with Crippen LogP contribution >= 0.6 is 54.8 Å². The van der Waals surface area contributed by atoms with Crippen molar-refractivity contribution in [2.45, 2.75) is 0 Å². The number of rotatable bonds is 1. The van der Waals surface area contributed by atoms with E-state index < -0.39 is 0 Å². The quantitative estimate of drug-likeness (QED) is 0.472. The third kappa shape index (κ3) is 2.31. The number of pyridine rings is 1. The summed E-state index contributed by atoms with van der Waals surface area (Å²) >= 11 is 14.2. The van der Waals surface area contributed by atoms with Crippen LogP contribution < -0.4 is 0 Å². The topological polar surface area (TPSA) is 25.8 Å². The zero-order valence-corrected chi connectivity index (χ0v) is 13.9. The first-order chi connectivity index (χ1) is 9.08. The maximum absolute atomic E-state index is 13.9. The first-order valence-electron chi connectivity index (χ1n) is 5.13. The van der Waals surface area contributed by atoms with E-state index >= 15 is 0 Å². The molecule has 2 heterocycles. The average molecular weight is 423 g/mol. The summed E-state index contributed by atoms with van der Waals surface area (Å²) in [6, 6.07) is 4.59. The van der Waals surface area contributed by atoms with Gasteiger partial charge in [-0.15, -0.1) is 11.3 Å². The Morgan fingerprint density at radius 1 is 1.26 bits per heavy atom. The van der Waals surface area contributed by atoms with E-state index in [2.05, 4.69) is 41.8 Å². The molecule has 0 atom stereocenters. The molecule has 1 aromatic carbocycles. The first kappa shape index (κ1) is 13.4. The van der Waals surface area contributed by atoms with Gasteiger partial charge in [0.05, 0.1) is 19.8 Å². The fourth-order valence-electron chi connectivity index (χ4n) is 1.66. The SMILES string of the molecule is Fc1cccc(Cl)c1-c1nc2c(Br)cnc(Br)c2s1. The minimum Gasteiger partial charge on any atom is -0.247 e. The molecule has 3 aromatic rings. The molecule has 2 aromatic heterocycles. The van der Waals surface area contributed by atoms with Crippen LogP contribution in [0, 0.1) is 5.82 Å². The van der Waals surface area contributed by atoms with Crippen LogP contribution in [0.1, 0.15) is 0 Å². The van der Waals surface area contributed by atoms with Gasteiger partial charge in [-0.1, -0.05) is 17.7 Å². The Kier molecular flexibility index (Phi) is 3.59. The van der Waals surface area contributed by atoms with Crippen molar-refractivity contribution < 1.29 is 4.39 Å². The molecule has 0 aliphatic heterocycles. The highest BCUT2D eigenvalue weighted by molar-refractivity contribution is 9.11. The predicted octanol–water partition coefficient (Wildman–Crippen LogP) is 5.68. The largest absolute Gasteiger partial charge is 0.247 e. The van der Waals surface area contributed by atoms with Gasteiger partial charge in [-0.3, -0.25) is 0 Å². The number of benzene rings is 1. The van der Waals surface area contributed by atoms with Crippen LogP contribution in [0.25, 0.3) is 20.8 Å². The van der Waals surface area contributed by atoms with E-state index in [0.717, 1.165) is 14.7 Å². The zero-order valence-electron chi connectivity index (χ0n) is 9.12. The van der Waals surface area contributed by atoms with Gasteiger partial charge >= 0.3 is 0 Å². The Morgan fingerprint density at radius 2 is 2.05 bits per heavy atom. The Balaban J connectivity index is 2.33. The van der Waals surface area contributed by atoms with Crippen LogP contribution in [-0.2, 0) is 0 Å². The molecule has 0 N–H and O–H groups in total. The minimum absolute atomic E-state index is 0.323. The lowest BCUT2D eigenvalue weighted by Gasteiger charge is -2.00. The molecular weight excluding hydrogens is 418 g/mol. The summed E-state index contributed by atoms with van der Waals surface area (Å²) in [5.74, 6) is -0.383. The summed E-state index contributed by atoms with van der Waals surface area (Å²) in [4.78, 5) is 8.61. The Morgan fingerprint density at radius 3 is 2.74 bits per heavy atom. The van der Waals surface area contributed by atoms with Crippen molar-refractivity contribution in [3.63, 3.8) is 0 Å². The predicted molar refractivity (Wildman–Crippen MR) is 83.2 cm³/mol. The van der Waals surface area contributed by atoms with Gasteiger partial charge in [-0.25, -0.2) is 14.4 Å². The van der Waals surface area contributed by atoms with E-state index in [1.165, 1.54) is 17.4 Å². The molecule has 0 saturated heterocycles. The van der Waals surface area contributed by atoms with Gasteiger partial charge in [0.25, 0.3) is 0 Å². The molecular formula is C12H4Br2ClFN2S. The lowest BCUT2D eigenvalue weighted by molar-refractivity contribution is 0.631. The molecule has 3 rings (SSSR count). The average Bonchev–Trinajstić information content (AvgIpc) is 2.80. The highest BCUT2D eigenvalue weighted by atomic mass is 79.9. The highest BCUT2D eigenvalue weighted by Gasteiger charge is 2.17. The van der Waals surface area contributed by atoms with Crippen molar-refractivity contribution in [1.29, 1.82) is 0 Å². The molecule has 0 amide bonds. The lowest BCUT2D eigenvalue weighted by atomic mass is 10.2. The van der Waals surface area contributed by atoms with Crippen molar-refractivity contribution in [2.24, 2.45) is 0 Å². The van der Waals surface area contributed by atoms with Crippen LogP contribution in [0.5, 0.6) is 0 Å². The smallest absolute Gasteiger partial charge is 0.134 e. The summed E-state index contributed by atoms with van der Waals surface area (Å²) in [5.41, 5.74) is 1.06. The van der Waals surface area contributed by atoms with Crippen LogP contribution in [0.2, 0.25) is 5.02 Å². The van der Waals surface area contributed by atoms with Gasteiger partial charge in [0.15, 0.2) is 0 Å². The fraction of sp³-hybridized carbons (Fsp3) is 0. The monoisotopic (exact) mass is 420 g/mol. The number of fused-ring (bicyclic) bond motifs is 1. The van der Waals surface area contributed by atoms with E-state index in [4.69, 9.17) is 11.6 Å². The van der Waals surface area contributed by atoms with Gasteiger partial charge in [0.2, 0.25) is 0 Å². The summed E-state index contributed by atoms with van der Waals surface area (Å²) in [5, 5.41) is 0.881. The van der Waals surface area contributed by atoms with Gasteiger partial charge in [-0.05, 0) is 44.0 Å². The molecule has 96 valence electrons. The number of halogens is 4. The molecule has 7 heteroatoms. The second kappa shape index (κ2) is 5.09. The number of aromatic nitrogens is 2. The summed E-state index contributed by atoms with van der Waals surface area (Å²) in [7, 11) is 0. The molecule has 0 saturated carbocycles. The van der Waals surface area contributed by atoms with Gasteiger partial charge in [-0.2, -0.15) is 0 Å². The van der Waals surface area contributed by atoms with Crippen molar-refractivity contribution >= 4 is 65.0 Å². The third-order valence-electron chi connectivity index (χ3n) is 2.51. The summed E-state index contributed by atoms with van der Waals surface area (Å²) in [6.45, 7) is 0. The van der Waals surface area contributed by atoms with Crippen LogP contribution in [-0.4, -0.2) is 9.97 Å². The van der Waals surface area contributed by atoms with Crippen molar-refractivity contribution in [1.82, 2.24) is 9.97 Å². The molecule has 19 heavy (non-hydrogen) atoms. The van der Waals surface area contributed by atoms with E-state index in [1.54, 1.807) is 18.3 Å². The zero-order chi connectivity index (χ0) is 13.6. The lowest BCUT2D eigenvalue weighted by Crippen LogP contribution is -1.84. The van der Waals surface area contributed by atoms with Crippen molar-refractivity contribution in [3.8, 4) is 10.6 Å². The maximum atomic E-state index is 13.9. The Bertz CT molecular complexity index is 731. The number of thiazole rings is 1. The fourth-order valence-corrected chi connectivity index (χ4v) is 4.06. The van der Waals surface area contributed by atoms with Gasteiger partial charge < -0.3 is 0 Å². The molecule has 0 bridgehead atoms. The molecule has 0 radical (unpaired) electrons. The van der Waals surface area contributed by atoms with Gasteiger partial charge in [0.1, 0.15) is 20.9 Å². The highest BCUT2D eigenvalue weighted by Crippen LogP contribution is 2.39. The molecule has 0 spiro atoms. The van der Waals surface area contributed by atoms with Crippen molar-refractivity contribution in [2.75, 3.05) is 0 Å². The van der Waals surface area contributed by atoms with Gasteiger partial charge in [0, 0.05) is 6.20 Å². The van der Waals surface area contributed by atoms with E-state index in [1.807, 2.05) is 0 Å². The van der Waals surface area contributed by atoms with Crippen molar-refractivity contribution in [3.05, 3.63) is 44.3 Å². The molecule has 0 aliphatic carbocycles. The summed E-state index contributed by atoms with van der Waals surface area (Å²) in [6.07, 6.45) is 1.65. The third-order valence-corrected chi connectivity index (χ3v) is 5.35. The standard InChI is InChI=1S/C12H4Br2ClFN2S/c13-5-4-17-11(14)10-9(5)18-12(19-10)8-6(15)2-1-3-7(8)16/h1-4H. The van der Waals surface area contributed by atoms with E-state index in [9.17, 15) is 4.39 Å². The molecule has 2 nitrogen and oxygen atoms in total. The van der Waals surface area contributed by atoms with Crippen LogP contribution in [0.4, 0.5) is 4.39 Å². The number of hydrogen-bond donors (Lipinski definition) is 0. The second-order valence-electron chi connectivity index (χ2n) is 3.69. The van der Waals surface area contributed by atoms with Crippen LogP contribution in [0.15, 0.2) is 33.5 Å². The number of hydrogen-bond acceptors (Lipinski definition) is 3. The molecule has 0 aliphatic rings. The minimum atomic E-state index is -0.383. The second-order valence-corrected chi connectivity index (χ2v) is 6.70. The Labute approximate surface area is 133 Å². The van der Waals surface area contributed by atoms with E-state index in [0.29, 0.717) is 20.2 Å². The maximum Gasteiger partial charge on any atom is 0.134 e. The van der Waals surface area contributed by atoms with Crippen LogP contribution in [0.3, 0.4) is 0 Å². The molecule has 0 unspecified atom stereocenters. The summed E-state index contributed by atoms with van der Waals surface area (Å²) < 4.78 is 16.2. The first-order valence-corrected chi connectivity index (χ1v) is 7.91. The normalized spacial score (nSPS) is 11.2. The molecule has 0 fully saturated rings. The number of nitrogens with zero attached hydrogens (tertiary/aromatic N) is 2.